The van der Waals surface area contributed by atoms with E-state index in [-0.39, 0.29) is 12.2 Å². The first-order valence-electron chi connectivity index (χ1n) is 5.65. The molecule has 1 fully saturated rings. The van der Waals surface area contributed by atoms with Crippen LogP contribution in [-0.2, 0) is 14.4 Å². The number of ether oxygens (including phenoxy) is 1. The molecule has 1 atom stereocenters. The zero-order valence-corrected chi connectivity index (χ0v) is 9.31. The normalized spacial score (nSPS) is 24.6. The van der Waals surface area contributed by atoms with Gasteiger partial charge in [-0.1, -0.05) is 11.6 Å². The number of oxime groups is 1. The van der Waals surface area contributed by atoms with Gasteiger partial charge in [0.2, 0.25) is 6.23 Å². The summed E-state index contributed by atoms with van der Waals surface area (Å²) in [6, 6.07) is 0. The lowest BCUT2D eigenvalue weighted by Gasteiger charge is -2.24. The third kappa shape index (κ3) is 2.53. The first kappa shape index (κ1) is 11.0. The highest BCUT2D eigenvalue weighted by Gasteiger charge is 2.29. The lowest BCUT2D eigenvalue weighted by atomic mass is 9.84. The summed E-state index contributed by atoms with van der Waals surface area (Å²) < 4.78 is 4.76. The van der Waals surface area contributed by atoms with Gasteiger partial charge in [0.25, 0.3) is 0 Å². The van der Waals surface area contributed by atoms with Crippen LogP contribution in [0.25, 0.3) is 0 Å². The molecule has 1 aliphatic heterocycles. The molecular weight excluding hydrogens is 208 g/mol. The number of amidine groups is 1. The van der Waals surface area contributed by atoms with Crippen LogP contribution >= 0.6 is 0 Å². The minimum atomic E-state index is -0.356. The Hall–Kier alpha value is -1.52. The highest BCUT2D eigenvalue weighted by molar-refractivity contribution is 5.86. The molecular formula is C11H16N2O3. The minimum absolute atomic E-state index is 0.333. The zero-order valence-electron chi connectivity index (χ0n) is 9.31. The number of carbonyl (C=O) groups is 1. The van der Waals surface area contributed by atoms with Crippen LogP contribution in [0.15, 0.2) is 17.3 Å². The highest BCUT2D eigenvalue weighted by atomic mass is 16.7. The molecule has 0 saturated heterocycles. The van der Waals surface area contributed by atoms with E-state index in [0.29, 0.717) is 12.5 Å². The van der Waals surface area contributed by atoms with Gasteiger partial charge in [-0.2, -0.15) is 0 Å². The predicted octanol–water partition coefficient (Wildman–Crippen LogP) is 1.17. The van der Waals surface area contributed by atoms with Crippen molar-refractivity contribution in [1.29, 1.82) is 0 Å². The second-order valence-electron chi connectivity index (χ2n) is 3.89. The molecule has 1 unspecified atom stereocenters. The quantitative estimate of drug-likeness (QED) is 0.575. The summed E-state index contributed by atoms with van der Waals surface area (Å²) in [7, 11) is 0. The van der Waals surface area contributed by atoms with Gasteiger partial charge in [0.05, 0.1) is 6.61 Å². The number of nitrogens with zero attached hydrogens (tertiary/aromatic N) is 1. The van der Waals surface area contributed by atoms with Gasteiger partial charge in [-0.25, -0.2) is 4.79 Å². The fraction of sp³-hybridized carbons (Fsp3) is 0.636. The highest BCUT2D eigenvalue weighted by Crippen LogP contribution is 2.28. The molecule has 2 aliphatic rings. The maximum Gasteiger partial charge on any atom is 0.330 e. The average Bonchev–Trinajstić information content (AvgIpc) is 2.61. The summed E-state index contributed by atoms with van der Waals surface area (Å²) in [5, 5.41) is 7.09. The van der Waals surface area contributed by atoms with Crippen LogP contribution in [0.3, 0.4) is 0 Å². The van der Waals surface area contributed by atoms with Crippen LogP contribution in [0, 0.1) is 5.92 Å². The molecule has 1 heterocycles. The second kappa shape index (κ2) is 5.01. The Bertz CT molecular complexity index is 321. The summed E-state index contributed by atoms with van der Waals surface area (Å²) in [5.41, 5.74) is 0. The fourth-order valence-electron chi connectivity index (χ4n) is 1.63. The maximum absolute atomic E-state index is 11.1. The van der Waals surface area contributed by atoms with Crippen molar-refractivity contribution < 1.29 is 14.4 Å². The zero-order chi connectivity index (χ0) is 11.4. The smallest absolute Gasteiger partial charge is 0.330 e. The number of carbonyl (C=O) groups excluding carboxylic acids is 1. The Balaban J connectivity index is 1.75. The van der Waals surface area contributed by atoms with E-state index in [2.05, 4.69) is 10.5 Å². The van der Waals surface area contributed by atoms with Crippen molar-refractivity contribution in [2.75, 3.05) is 6.61 Å². The molecule has 0 amide bonds. The van der Waals surface area contributed by atoms with Gasteiger partial charge in [-0.05, 0) is 25.8 Å². The molecule has 5 heteroatoms. The Morgan fingerprint density at radius 1 is 1.69 bits per heavy atom. The summed E-state index contributed by atoms with van der Waals surface area (Å²) in [6.45, 7) is 2.15. The average molecular weight is 224 g/mol. The lowest BCUT2D eigenvalue weighted by molar-refractivity contribution is -0.137. The van der Waals surface area contributed by atoms with Gasteiger partial charge in [0.1, 0.15) is 5.84 Å². The maximum atomic E-state index is 11.1. The lowest BCUT2D eigenvalue weighted by Crippen LogP contribution is -2.35. The van der Waals surface area contributed by atoms with Crippen LogP contribution in [0.5, 0.6) is 0 Å². The third-order valence-electron chi connectivity index (χ3n) is 2.74. The predicted molar refractivity (Wildman–Crippen MR) is 58.6 cm³/mol. The molecule has 1 N–H and O–H groups in total. The number of hydrogen-bond donors (Lipinski definition) is 1. The van der Waals surface area contributed by atoms with Gasteiger partial charge >= 0.3 is 5.97 Å². The van der Waals surface area contributed by atoms with E-state index < -0.39 is 0 Å². The molecule has 0 aromatic rings. The molecule has 1 aliphatic carbocycles. The SMILES string of the molecule is CCOC(=O)/C=C/C1NC(C2CCC2)=NO1. The first-order chi connectivity index (χ1) is 7.79. The summed E-state index contributed by atoms with van der Waals surface area (Å²) in [5.74, 6) is 1.07. The van der Waals surface area contributed by atoms with E-state index in [1.54, 1.807) is 13.0 Å². The molecule has 0 bridgehead atoms. The summed E-state index contributed by atoms with van der Waals surface area (Å²) >= 11 is 0. The van der Waals surface area contributed by atoms with Crippen molar-refractivity contribution >= 4 is 11.8 Å². The van der Waals surface area contributed by atoms with Crippen molar-refractivity contribution in [3.05, 3.63) is 12.2 Å². The van der Waals surface area contributed by atoms with E-state index >= 15 is 0 Å². The number of nitrogens with one attached hydrogen (secondary N) is 1. The van der Waals surface area contributed by atoms with E-state index in [4.69, 9.17) is 9.57 Å². The Labute approximate surface area is 94.5 Å². The molecule has 0 aromatic carbocycles. The van der Waals surface area contributed by atoms with Gasteiger partial charge in [0.15, 0.2) is 0 Å². The number of rotatable bonds is 4. The van der Waals surface area contributed by atoms with Crippen molar-refractivity contribution in [3.8, 4) is 0 Å². The Morgan fingerprint density at radius 2 is 2.50 bits per heavy atom. The van der Waals surface area contributed by atoms with E-state index in [1.807, 2.05) is 0 Å². The van der Waals surface area contributed by atoms with Crippen LogP contribution in [-0.4, -0.2) is 24.6 Å². The molecule has 5 nitrogen and oxygen atoms in total. The molecule has 1 saturated carbocycles. The third-order valence-corrected chi connectivity index (χ3v) is 2.74. The second-order valence-corrected chi connectivity index (χ2v) is 3.89. The van der Waals surface area contributed by atoms with Gasteiger partial charge in [-0.15, -0.1) is 0 Å². The molecule has 0 spiro atoms. The topological polar surface area (TPSA) is 59.9 Å². The molecule has 0 aromatic heterocycles. The Morgan fingerprint density at radius 3 is 3.12 bits per heavy atom. The van der Waals surface area contributed by atoms with E-state index in [9.17, 15) is 4.79 Å². The van der Waals surface area contributed by atoms with Gasteiger partial charge in [0, 0.05) is 12.0 Å². The molecule has 88 valence electrons. The van der Waals surface area contributed by atoms with E-state index in [1.165, 1.54) is 25.3 Å². The summed E-state index contributed by atoms with van der Waals surface area (Å²) in [4.78, 5) is 16.2. The minimum Gasteiger partial charge on any atom is -0.463 e. The van der Waals surface area contributed by atoms with Crippen LogP contribution in [0.4, 0.5) is 0 Å². The monoisotopic (exact) mass is 224 g/mol. The molecule has 16 heavy (non-hydrogen) atoms. The van der Waals surface area contributed by atoms with Gasteiger partial charge < -0.3 is 14.9 Å². The number of esters is 1. The van der Waals surface area contributed by atoms with Crippen molar-refractivity contribution in [2.24, 2.45) is 11.1 Å². The standard InChI is InChI=1S/C11H16N2O3/c1-2-15-10(14)7-6-9-12-11(13-16-9)8-4-3-5-8/h6-9H,2-5H2,1H3,(H,12,13)/b7-6+. The molecule has 0 radical (unpaired) electrons. The van der Waals surface area contributed by atoms with Crippen molar-refractivity contribution in [2.45, 2.75) is 32.4 Å². The van der Waals surface area contributed by atoms with Crippen molar-refractivity contribution in [3.63, 3.8) is 0 Å². The number of hydrogen-bond acceptors (Lipinski definition) is 5. The van der Waals surface area contributed by atoms with Gasteiger partial charge in [-0.3, -0.25) is 0 Å². The van der Waals surface area contributed by atoms with Crippen LogP contribution < -0.4 is 5.32 Å². The fourth-order valence-corrected chi connectivity index (χ4v) is 1.63. The van der Waals surface area contributed by atoms with E-state index in [0.717, 1.165) is 5.84 Å². The van der Waals surface area contributed by atoms with Crippen molar-refractivity contribution in [1.82, 2.24) is 5.32 Å². The van der Waals surface area contributed by atoms with Crippen LogP contribution in [0.1, 0.15) is 26.2 Å². The van der Waals surface area contributed by atoms with Crippen LogP contribution in [0.2, 0.25) is 0 Å². The summed E-state index contributed by atoms with van der Waals surface area (Å²) in [6.07, 6.45) is 6.25. The largest absolute Gasteiger partial charge is 0.463 e. The molecule has 2 rings (SSSR count). The first-order valence-corrected chi connectivity index (χ1v) is 5.65. The Kier molecular flexibility index (Phi) is 3.44.